The monoisotopic (exact) mass is 358 g/mol. The van der Waals surface area contributed by atoms with Gasteiger partial charge in [0.2, 0.25) is 5.91 Å². The molecule has 0 spiro atoms. The van der Waals surface area contributed by atoms with E-state index in [2.05, 4.69) is 5.32 Å². The lowest BCUT2D eigenvalue weighted by Crippen LogP contribution is -2.48. The van der Waals surface area contributed by atoms with Crippen LogP contribution in [-0.2, 0) is 14.6 Å². The van der Waals surface area contributed by atoms with E-state index in [1.807, 2.05) is 25.1 Å². The van der Waals surface area contributed by atoms with Crippen molar-refractivity contribution in [2.45, 2.75) is 38.4 Å². The summed E-state index contributed by atoms with van der Waals surface area (Å²) in [7, 11) is -1.32. The van der Waals surface area contributed by atoms with Gasteiger partial charge in [-0.2, -0.15) is 0 Å². The number of nitrogens with one attached hydrogen (secondary N) is 1. The average Bonchev–Trinajstić information content (AvgIpc) is 2.85. The Labute approximate surface area is 142 Å². The van der Waals surface area contributed by atoms with Gasteiger partial charge in [-0.1, -0.05) is 23.7 Å². The van der Waals surface area contributed by atoms with Crippen molar-refractivity contribution in [3.05, 3.63) is 34.9 Å². The zero-order chi connectivity index (χ0) is 17.2. The third-order valence-corrected chi connectivity index (χ3v) is 6.31. The summed E-state index contributed by atoms with van der Waals surface area (Å²) < 4.78 is 23.1. The molecule has 0 bridgehead atoms. The third-order valence-electron chi connectivity index (χ3n) is 4.32. The largest absolute Gasteiger partial charge is 0.340 e. The van der Waals surface area contributed by atoms with Crippen molar-refractivity contribution in [1.82, 2.24) is 10.2 Å². The van der Waals surface area contributed by atoms with Gasteiger partial charge in [0.15, 0.2) is 9.84 Å². The fraction of sp³-hybridized carbons (Fsp3) is 0.562. The Balaban J connectivity index is 1.97. The lowest BCUT2D eigenvalue weighted by Gasteiger charge is -2.28. The summed E-state index contributed by atoms with van der Waals surface area (Å²) in [5.41, 5.74) is 1.00. The molecule has 1 aromatic carbocycles. The molecule has 0 aromatic heterocycles. The zero-order valence-electron chi connectivity index (χ0n) is 13.6. The van der Waals surface area contributed by atoms with Crippen LogP contribution in [0.25, 0.3) is 0 Å². The molecule has 23 heavy (non-hydrogen) atoms. The van der Waals surface area contributed by atoms with E-state index in [-0.39, 0.29) is 29.5 Å². The molecule has 0 radical (unpaired) electrons. The normalized spacial score (nSPS) is 22.5. The van der Waals surface area contributed by atoms with Crippen molar-refractivity contribution in [1.29, 1.82) is 0 Å². The van der Waals surface area contributed by atoms with E-state index in [1.54, 1.807) is 24.9 Å². The van der Waals surface area contributed by atoms with Gasteiger partial charge in [0.05, 0.1) is 17.5 Å². The summed E-state index contributed by atoms with van der Waals surface area (Å²) in [6.07, 6.45) is 0.515. The highest BCUT2D eigenvalue weighted by atomic mass is 35.5. The van der Waals surface area contributed by atoms with E-state index in [0.29, 0.717) is 11.4 Å². The molecule has 1 aromatic rings. The van der Waals surface area contributed by atoms with Gasteiger partial charge in [-0.05, 0) is 38.0 Å². The maximum absolute atomic E-state index is 12.5. The summed E-state index contributed by atoms with van der Waals surface area (Å²) in [6.45, 7) is 3.76. The van der Waals surface area contributed by atoms with Crippen LogP contribution in [0.15, 0.2) is 24.3 Å². The quantitative estimate of drug-likeness (QED) is 0.874. The standard InChI is InChI=1S/C16H23ClN2O3S/c1-11(13-5-4-6-14(17)9-13)18-12(2)16(20)19(3)15-7-8-23(21,22)10-15/h4-6,9,11-12,15,18H,7-8,10H2,1-3H3/t11-,12+,15-/m1/s1. The molecular formula is C16H23ClN2O3S. The van der Waals surface area contributed by atoms with Gasteiger partial charge < -0.3 is 4.90 Å². The van der Waals surface area contributed by atoms with Crippen molar-refractivity contribution >= 4 is 27.3 Å². The zero-order valence-corrected chi connectivity index (χ0v) is 15.2. The van der Waals surface area contributed by atoms with E-state index in [4.69, 9.17) is 11.6 Å². The Hall–Kier alpha value is -1.11. The summed E-state index contributed by atoms with van der Waals surface area (Å²) in [5.74, 6) is 0.128. The number of halogens is 1. The molecule has 0 saturated carbocycles. The van der Waals surface area contributed by atoms with Crippen LogP contribution in [0.1, 0.15) is 31.9 Å². The van der Waals surface area contributed by atoms with Crippen LogP contribution in [0.4, 0.5) is 0 Å². The Morgan fingerprint density at radius 2 is 2.09 bits per heavy atom. The molecule has 1 aliphatic rings. The number of carbonyl (C=O) groups is 1. The first kappa shape index (κ1) is 18.2. The van der Waals surface area contributed by atoms with Crippen molar-refractivity contribution in [3.8, 4) is 0 Å². The van der Waals surface area contributed by atoms with Gasteiger partial charge in [-0.15, -0.1) is 0 Å². The van der Waals surface area contributed by atoms with Gasteiger partial charge in [0, 0.05) is 24.2 Å². The number of rotatable bonds is 5. The molecule has 2 rings (SSSR count). The summed E-state index contributed by atoms with van der Waals surface area (Å²) in [4.78, 5) is 14.1. The topological polar surface area (TPSA) is 66.5 Å². The lowest BCUT2D eigenvalue weighted by molar-refractivity contribution is -0.133. The highest BCUT2D eigenvalue weighted by Gasteiger charge is 2.34. The first-order chi connectivity index (χ1) is 10.7. The van der Waals surface area contributed by atoms with Crippen LogP contribution in [0.5, 0.6) is 0 Å². The minimum atomic E-state index is -3.00. The molecule has 1 N–H and O–H groups in total. The van der Waals surface area contributed by atoms with E-state index in [9.17, 15) is 13.2 Å². The molecule has 1 fully saturated rings. The number of likely N-dealkylation sites (N-methyl/N-ethyl adjacent to an activating group) is 1. The maximum atomic E-state index is 12.5. The Kier molecular flexibility index (Phi) is 5.70. The van der Waals surface area contributed by atoms with Gasteiger partial charge in [-0.25, -0.2) is 8.42 Å². The average molecular weight is 359 g/mol. The van der Waals surface area contributed by atoms with Crippen LogP contribution in [-0.4, -0.2) is 49.9 Å². The van der Waals surface area contributed by atoms with Crippen molar-refractivity contribution in [2.24, 2.45) is 0 Å². The van der Waals surface area contributed by atoms with E-state index < -0.39 is 15.9 Å². The minimum absolute atomic E-state index is 0.0339. The van der Waals surface area contributed by atoms with Gasteiger partial charge >= 0.3 is 0 Å². The number of nitrogens with zero attached hydrogens (tertiary/aromatic N) is 1. The summed E-state index contributed by atoms with van der Waals surface area (Å²) >= 11 is 5.99. The number of hydrogen-bond acceptors (Lipinski definition) is 4. The molecule has 0 unspecified atom stereocenters. The van der Waals surface area contributed by atoms with Crippen LogP contribution < -0.4 is 5.32 Å². The minimum Gasteiger partial charge on any atom is -0.340 e. The smallest absolute Gasteiger partial charge is 0.239 e. The predicted molar refractivity (Wildman–Crippen MR) is 92.3 cm³/mol. The Bertz CT molecular complexity index is 678. The van der Waals surface area contributed by atoms with E-state index in [1.165, 1.54) is 0 Å². The molecule has 3 atom stereocenters. The van der Waals surface area contributed by atoms with Crippen LogP contribution in [0.3, 0.4) is 0 Å². The lowest BCUT2D eigenvalue weighted by atomic mass is 10.1. The SMILES string of the molecule is C[C@H](N[C@H](C)c1cccc(Cl)c1)C(=O)N(C)[C@@H]1CCS(=O)(=O)C1. The molecule has 0 aliphatic carbocycles. The molecule has 1 aliphatic heterocycles. The predicted octanol–water partition coefficient (Wildman–Crippen LogP) is 2.02. The van der Waals surface area contributed by atoms with E-state index in [0.717, 1.165) is 5.56 Å². The summed E-state index contributed by atoms with van der Waals surface area (Å²) in [6, 6.07) is 6.83. The number of carbonyl (C=O) groups excluding carboxylic acids is 1. The van der Waals surface area contributed by atoms with Crippen LogP contribution >= 0.6 is 11.6 Å². The van der Waals surface area contributed by atoms with Gasteiger partial charge in [0.25, 0.3) is 0 Å². The van der Waals surface area contributed by atoms with Crippen molar-refractivity contribution < 1.29 is 13.2 Å². The van der Waals surface area contributed by atoms with E-state index >= 15 is 0 Å². The molecule has 1 saturated heterocycles. The number of benzene rings is 1. The highest BCUT2D eigenvalue weighted by Crippen LogP contribution is 2.20. The molecule has 128 valence electrons. The Morgan fingerprint density at radius 3 is 2.65 bits per heavy atom. The van der Waals surface area contributed by atoms with Gasteiger partial charge in [0.1, 0.15) is 0 Å². The molecule has 1 amide bonds. The number of hydrogen-bond donors (Lipinski definition) is 1. The first-order valence-corrected chi connectivity index (χ1v) is 9.88. The van der Waals surface area contributed by atoms with Crippen LogP contribution in [0, 0.1) is 0 Å². The third kappa shape index (κ3) is 4.68. The number of amides is 1. The second-order valence-corrected chi connectivity index (χ2v) is 8.84. The summed E-state index contributed by atoms with van der Waals surface area (Å²) in [5, 5.41) is 3.90. The maximum Gasteiger partial charge on any atom is 0.239 e. The molecule has 1 heterocycles. The second kappa shape index (κ2) is 7.20. The van der Waals surface area contributed by atoms with Gasteiger partial charge in [-0.3, -0.25) is 10.1 Å². The number of sulfone groups is 1. The fourth-order valence-corrected chi connectivity index (χ4v) is 4.86. The second-order valence-electron chi connectivity index (χ2n) is 6.17. The molecular weight excluding hydrogens is 336 g/mol. The molecule has 7 heteroatoms. The van der Waals surface area contributed by atoms with Crippen molar-refractivity contribution in [2.75, 3.05) is 18.6 Å². The van der Waals surface area contributed by atoms with Crippen LogP contribution in [0.2, 0.25) is 5.02 Å². The van der Waals surface area contributed by atoms with Crippen molar-refractivity contribution in [3.63, 3.8) is 0 Å². The first-order valence-electron chi connectivity index (χ1n) is 7.68. The Morgan fingerprint density at radius 1 is 1.39 bits per heavy atom. The fourth-order valence-electron chi connectivity index (χ4n) is 2.88. The highest BCUT2D eigenvalue weighted by molar-refractivity contribution is 7.91. The molecule has 5 nitrogen and oxygen atoms in total.